The summed E-state index contributed by atoms with van der Waals surface area (Å²) in [5, 5.41) is 8.21. The first-order chi connectivity index (χ1) is 17.9. The Kier molecular flexibility index (Phi) is 6.43. The number of benzene rings is 2. The zero-order chi connectivity index (χ0) is 26.1. The Balaban J connectivity index is 1.47. The molecule has 1 aliphatic heterocycles. The highest BCUT2D eigenvalue weighted by Gasteiger charge is 2.36. The number of rotatable bonds is 6. The molecule has 3 heterocycles. The number of nitrogens with zero attached hydrogens (tertiary/aromatic N) is 4. The van der Waals surface area contributed by atoms with Crippen molar-refractivity contribution in [2.45, 2.75) is 27.2 Å². The van der Waals surface area contributed by atoms with Crippen LogP contribution in [0.2, 0.25) is 0 Å². The summed E-state index contributed by atoms with van der Waals surface area (Å²) in [7, 11) is 0. The molecule has 0 saturated carbocycles. The highest BCUT2D eigenvalue weighted by molar-refractivity contribution is 6.05. The average molecular weight is 498 g/mol. The minimum absolute atomic E-state index is 0.0654. The number of nitrogens with one attached hydrogen (secondary N) is 1. The molecule has 1 saturated heterocycles. The van der Waals surface area contributed by atoms with Gasteiger partial charge in [-0.1, -0.05) is 35.9 Å². The second kappa shape index (κ2) is 9.85. The van der Waals surface area contributed by atoms with Crippen LogP contribution in [0, 0.1) is 19.8 Å². The van der Waals surface area contributed by atoms with Gasteiger partial charge in [0.25, 0.3) is 0 Å². The standard InChI is InChI=1S/C28H27N5O4/c1-4-37-28(36)22-15-29-33(24-13-18(3)21-7-5-6-8-23(21)30-24)26(22)31-27(35)19-14-25(34)32(16-19)20-11-9-17(2)10-12-20/h5-13,15,19H,4,14,16H2,1-3H3,(H,31,35). The quantitative estimate of drug-likeness (QED) is 0.400. The lowest BCUT2D eigenvalue weighted by molar-refractivity contribution is -0.122. The topological polar surface area (TPSA) is 106 Å². The van der Waals surface area contributed by atoms with E-state index in [1.54, 1.807) is 11.8 Å². The molecule has 9 nitrogen and oxygen atoms in total. The number of anilines is 2. The molecule has 1 fully saturated rings. The van der Waals surface area contributed by atoms with E-state index >= 15 is 0 Å². The maximum Gasteiger partial charge on any atom is 0.343 e. The van der Waals surface area contributed by atoms with Crippen molar-refractivity contribution in [1.82, 2.24) is 14.8 Å². The van der Waals surface area contributed by atoms with Crippen molar-refractivity contribution in [3.8, 4) is 5.82 Å². The second-order valence-corrected chi connectivity index (χ2v) is 9.08. The SMILES string of the molecule is CCOC(=O)c1cnn(-c2cc(C)c3ccccc3n2)c1NC(=O)C1CC(=O)N(c2ccc(C)cc2)C1. The van der Waals surface area contributed by atoms with Gasteiger partial charge in [0.2, 0.25) is 11.8 Å². The molecule has 0 radical (unpaired) electrons. The zero-order valence-electron chi connectivity index (χ0n) is 20.9. The number of carbonyl (C=O) groups excluding carboxylic acids is 3. The fraction of sp³-hybridized carbons (Fsp3) is 0.250. The monoisotopic (exact) mass is 497 g/mol. The van der Waals surface area contributed by atoms with Crippen LogP contribution in [0.1, 0.15) is 34.8 Å². The lowest BCUT2D eigenvalue weighted by Crippen LogP contribution is -2.29. The van der Waals surface area contributed by atoms with E-state index in [0.717, 1.165) is 27.7 Å². The van der Waals surface area contributed by atoms with Gasteiger partial charge in [0.05, 0.1) is 24.2 Å². The van der Waals surface area contributed by atoms with Crippen LogP contribution in [-0.4, -0.2) is 45.7 Å². The fourth-order valence-corrected chi connectivity index (χ4v) is 4.52. The van der Waals surface area contributed by atoms with Crippen molar-refractivity contribution in [3.63, 3.8) is 0 Å². The fourth-order valence-electron chi connectivity index (χ4n) is 4.52. The number of amides is 2. The first-order valence-electron chi connectivity index (χ1n) is 12.2. The smallest absolute Gasteiger partial charge is 0.343 e. The predicted molar refractivity (Wildman–Crippen MR) is 140 cm³/mol. The minimum Gasteiger partial charge on any atom is -0.462 e. The van der Waals surface area contributed by atoms with Crippen LogP contribution < -0.4 is 10.2 Å². The van der Waals surface area contributed by atoms with Gasteiger partial charge in [-0.3, -0.25) is 9.59 Å². The minimum atomic E-state index is -0.606. The number of hydrogen-bond donors (Lipinski definition) is 1. The molecule has 4 aromatic rings. The third-order valence-corrected chi connectivity index (χ3v) is 6.47. The van der Waals surface area contributed by atoms with Gasteiger partial charge in [0, 0.05) is 24.0 Å². The van der Waals surface area contributed by atoms with Gasteiger partial charge in [-0.25, -0.2) is 9.78 Å². The Bertz CT molecular complexity index is 1510. The van der Waals surface area contributed by atoms with Gasteiger partial charge in [-0.05, 0) is 50.6 Å². The number of hydrogen-bond acceptors (Lipinski definition) is 6. The molecule has 2 amide bonds. The Hall–Kier alpha value is -4.53. The van der Waals surface area contributed by atoms with Crippen molar-refractivity contribution in [1.29, 1.82) is 0 Å². The molecule has 0 bridgehead atoms. The van der Waals surface area contributed by atoms with Gasteiger partial charge >= 0.3 is 5.97 Å². The number of aromatic nitrogens is 3. The number of ether oxygens (including phenoxy) is 1. The summed E-state index contributed by atoms with van der Waals surface area (Å²) >= 11 is 0. The van der Waals surface area contributed by atoms with Crippen LogP contribution in [0.5, 0.6) is 0 Å². The Morgan fingerprint density at radius 2 is 1.86 bits per heavy atom. The molecule has 2 aromatic carbocycles. The lowest BCUT2D eigenvalue weighted by atomic mass is 10.1. The van der Waals surface area contributed by atoms with Gasteiger partial charge in [-0.15, -0.1) is 0 Å². The number of fused-ring (bicyclic) bond motifs is 1. The summed E-state index contributed by atoms with van der Waals surface area (Å²) in [6, 6.07) is 17.2. The van der Waals surface area contributed by atoms with E-state index in [0.29, 0.717) is 5.82 Å². The normalized spacial score (nSPS) is 15.3. The van der Waals surface area contributed by atoms with Gasteiger partial charge in [0.1, 0.15) is 5.56 Å². The summed E-state index contributed by atoms with van der Waals surface area (Å²) in [4.78, 5) is 45.1. The van der Waals surface area contributed by atoms with Crippen molar-refractivity contribution in [3.05, 3.63) is 77.5 Å². The Morgan fingerprint density at radius 3 is 2.62 bits per heavy atom. The van der Waals surface area contributed by atoms with Crippen LogP contribution in [0.4, 0.5) is 11.5 Å². The third-order valence-electron chi connectivity index (χ3n) is 6.47. The lowest BCUT2D eigenvalue weighted by Gasteiger charge is -2.17. The van der Waals surface area contributed by atoms with E-state index in [1.807, 2.05) is 68.4 Å². The Morgan fingerprint density at radius 1 is 1.11 bits per heavy atom. The van der Waals surface area contributed by atoms with E-state index in [-0.39, 0.29) is 42.8 Å². The van der Waals surface area contributed by atoms with E-state index in [1.165, 1.54) is 10.9 Å². The zero-order valence-corrected chi connectivity index (χ0v) is 20.9. The third kappa shape index (κ3) is 4.67. The van der Waals surface area contributed by atoms with E-state index in [4.69, 9.17) is 9.72 Å². The van der Waals surface area contributed by atoms with Gasteiger partial charge < -0.3 is 15.0 Å². The molecule has 5 rings (SSSR count). The molecule has 2 aromatic heterocycles. The maximum absolute atomic E-state index is 13.4. The first-order valence-corrected chi connectivity index (χ1v) is 12.2. The van der Waals surface area contributed by atoms with Crippen LogP contribution in [-0.2, 0) is 14.3 Å². The average Bonchev–Trinajstić information content (AvgIpc) is 3.48. The molecule has 1 aliphatic rings. The molecule has 1 unspecified atom stereocenters. The highest BCUT2D eigenvalue weighted by atomic mass is 16.5. The van der Waals surface area contributed by atoms with E-state index in [9.17, 15) is 14.4 Å². The number of pyridine rings is 1. The molecular formula is C28H27N5O4. The van der Waals surface area contributed by atoms with Crippen LogP contribution >= 0.6 is 0 Å². The first kappa shape index (κ1) is 24.2. The van der Waals surface area contributed by atoms with Crippen LogP contribution in [0.3, 0.4) is 0 Å². The maximum atomic E-state index is 13.4. The van der Waals surface area contributed by atoms with Crippen molar-refractivity contribution in [2.75, 3.05) is 23.4 Å². The summed E-state index contributed by atoms with van der Waals surface area (Å²) in [5.74, 6) is -1.11. The Labute approximate surface area is 214 Å². The summed E-state index contributed by atoms with van der Waals surface area (Å²) in [5.41, 5.74) is 3.68. The molecule has 1 N–H and O–H groups in total. The van der Waals surface area contributed by atoms with Crippen LogP contribution in [0.15, 0.2) is 60.8 Å². The van der Waals surface area contributed by atoms with E-state index < -0.39 is 11.9 Å². The largest absolute Gasteiger partial charge is 0.462 e. The summed E-state index contributed by atoms with van der Waals surface area (Å²) < 4.78 is 6.62. The molecule has 9 heteroatoms. The van der Waals surface area contributed by atoms with Crippen molar-refractivity contribution in [2.24, 2.45) is 5.92 Å². The van der Waals surface area contributed by atoms with Crippen LogP contribution in [0.25, 0.3) is 16.7 Å². The molecule has 37 heavy (non-hydrogen) atoms. The number of para-hydroxylation sites is 1. The van der Waals surface area contributed by atoms with E-state index in [2.05, 4.69) is 10.4 Å². The summed E-state index contributed by atoms with van der Waals surface area (Å²) in [6.07, 6.45) is 1.42. The molecule has 0 aliphatic carbocycles. The van der Waals surface area contributed by atoms with Crippen molar-refractivity contribution < 1.29 is 19.1 Å². The molecule has 0 spiro atoms. The van der Waals surface area contributed by atoms with Gasteiger partial charge in [-0.2, -0.15) is 9.78 Å². The molecular weight excluding hydrogens is 470 g/mol. The number of esters is 1. The molecule has 188 valence electrons. The summed E-state index contributed by atoms with van der Waals surface area (Å²) in [6.45, 7) is 6.06. The number of aryl methyl sites for hydroxylation is 2. The molecule has 1 atom stereocenters. The van der Waals surface area contributed by atoms with Gasteiger partial charge in [0.15, 0.2) is 11.6 Å². The highest BCUT2D eigenvalue weighted by Crippen LogP contribution is 2.29. The van der Waals surface area contributed by atoms with Crippen molar-refractivity contribution >= 4 is 40.2 Å². The number of carbonyl (C=O) groups is 3. The second-order valence-electron chi connectivity index (χ2n) is 9.08. The predicted octanol–water partition coefficient (Wildman–Crippen LogP) is 4.21.